The molecule has 2 aliphatic rings. The molecule has 3 rings (SSSR count). The number of hydrogen-bond donors (Lipinski definition) is 2. The first kappa shape index (κ1) is 15.7. The van der Waals surface area contributed by atoms with Gasteiger partial charge in [-0.15, -0.1) is 0 Å². The molecule has 0 aliphatic carbocycles. The van der Waals surface area contributed by atoms with Crippen LogP contribution in [-0.2, 0) is 4.79 Å². The van der Waals surface area contributed by atoms with Crippen LogP contribution in [0.3, 0.4) is 0 Å². The maximum atomic E-state index is 13.6. The van der Waals surface area contributed by atoms with E-state index in [1.165, 1.54) is 31.5 Å². The van der Waals surface area contributed by atoms with Crippen molar-refractivity contribution in [2.24, 2.45) is 0 Å². The molecule has 2 saturated heterocycles. The minimum atomic E-state index is -0.530. The molecule has 0 saturated carbocycles. The third kappa shape index (κ3) is 3.61. The number of amides is 3. The molecule has 3 amide bonds. The molecule has 2 fully saturated rings. The predicted octanol–water partition coefficient (Wildman–Crippen LogP) is 2.10. The van der Waals surface area contributed by atoms with Gasteiger partial charge in [0, 0.05) is 38.3 Å². The minimum absolute atomic E-state index is 0.0657. The summed E-state index contributed by atoms with van der Waals surface area (Å²) in [6.07, 6.45) is 2.32. The van der Waals surface area contributed by atoms with E-state index >= 15 is 0 Å². The normalized spacial score (nSPS) is 21.0. The summed E-state index contributed by atoms with van der Waals surface area (Å²) in [6.45, 7) is 4.76. The Morgan fingerprint density at radius 3 is 2.83 bits per heavy atom. The van der Waals surface area contributed by atoms with Gasteiger partial charge in [-0.3, -0.25) is 9.69 Å². The Kier molecular flexibility index (Phi) is 4.47. The fourth-order valence-corrected chi connectivity index (χ4v) is 3.27. The van der Waals surface area contributed by atoms with Gasteiger partial charge in [0.05, 0.1) is 5.69 Å². The molecule has 0 bridgehead atoms. The second kappa shape index (κ2) is 6.54. The lowest BCUT2D eigenvalue weighted by atomic mass is 10.1. The number of piperazine rings is 1. The van der Waals surface area contributed by atoms with E-state index in [-0.39, 0.29) is 17.6 Å². The summed E-state index contributed by atoms with van der Waals surface area (Å²) in [7, 11) is 0. The van der Waals surface area contributed by atoms with E-state index < -0.39 is 5.82 Å². The number of rotatable bonds is 2. The number of urea groups is 1. The van der Waals surface area contributed by atoms with Crippen molar-refractivity contribution in [1.82, 2.24) is 9.80 Å². The average molecular weight is 320 g/mol. The van der Waals surface area contributed by atoms with E-state index in [1.54, 1.807) is 4.90 Å². The van der Waals surface area contributed by atoms with Crippen LogP contribution < -0.4 is 10.6 Å². The van der Waals surface area contributed by atoms with Crippen LogP contribution in [0.25, 0.3) is 0 Å². The molecule has 0 unspecified atom stereocenters. The molecule has 0 aromatic heterocycles. The molecule has 0 spiro atoms. The van der Waals surface area contributed by atoms with E-state index in [9.17, 15) is 14.0 Å². The number of carbonyl (C=O) groups is 2. The summed E-state index contributed by atoms with van der Waals surface area (Å²) in [5.41, 5.74) is 0.532. The zero-order chi connectivity index (χ0) is 16.4. The van der Waals surface area contributed by atoms with Crippen LogP contribution >= 0.6 is 0 Å². The Hall–Kier alpha value is -2.15. The first-order chi connectivity index (χ1) is 11.0. The number of nitrogens with one attached hydrogen (secondary N) is 2. The lowest BCUT2D eigenvalue weighted by Crippen LogP contribution is -2.53. The van der Waals surface area contributed by atoms with Gasteiger partial charge in [0.15, 0.2) is 0 Å². The van der Waals surface area contributed by atoms with E-state index in [0.717, 1.165) is 26.1 Å². The van der Waals surface area contributed by atoms with Crippen molar-refractivity contribution in [3.63, 3.8) is 0 Å². The Morgan fingerprint density at radius 1 is 1.22 bits per heavy atom. The second-order valence-corrected chi connectivity index (χ2v) is 6.08. The second-order valence-electron chi connectivity index (χ2n) is 6.08. The highest BCUT2D eigenvalue weighted by Gasteiger charge is 2.32. The Balaban J connectivity index is 1.64. The largest absolute Gasteiger partial charge is 0.324 e. The number of hydrogen-bond acceptors (Lipinski definition) is 3. The summed E-state index contributed by atoms with van der Waals surface area (Å²) >= 11 is 0. The van der Waals surface area contributed by atoms with Crippen molar-refractivity contribution in [1.29, 1.82) is 0 Å². The number of fused-ring (bicyclic) bond motifs is 1. The topological polar surface area (TPSA) is 64.7 Å². The fourth-order valence-electron chi connectivity index (χ4n) is 3.27. The van der Waals surface area contributed by atoms with Crippen LogP contribution in [0, 0.1) is 5.82 Å². The van der Waals surface area contributed by atoms with E-state index in [1.807, 2.05) is 0 Å². The lowest BCUT2D eigenvalue weighted by molar-refractivity contribution is -0.114. The number of carbonyl (C=O) groups excluding carboxylic acids is 2. The quantitative estimate of drug-likeness (QED) is 0.877. The van der Waals surface area contributed by atoms with Crippen LogP contribution in [0.1, 0.15) is 19.8 Å². The molecular weight excluding hydrogens is 299 g/mol. The maximum absolute atomic E-state index is 13.6. The monoisotopic (exact) mass is 320 g/mol. The third-order valence-electron chi connectivity index (χ3n) is 4.40. The molecule has 6 nitrogen and oxygen atoms in total. The van der Waals surface area contributed by atoms with Crippen LogP contribution in [0.2, 0.25) is 0 Å². The first-order valence-electron chi connectivity index (χ1n) is 7.90. The smallest absolute Gasteiger partial charge is 0.321 e. The molecule has 1 atom stereocenters. The molecule has 2 heterocycles. The van der Waals surface area contributed by atoms with Crippen molar-refractivity contribution in [2.45, 2.75) is 25.8 Å². The molecule has 1 aromatic carbocycles. The molecule has 2 N–H and O–H groups in total. The Bertz CT molecular complexity index is 622. The lowest BCUT2D eigenvalue weighted by Gasteiger charge is -2.37. The van der Waals surface area contributed by atoms with Gasteiger partial charge in [0.2, 0.25) is 5.91 Å². The predicted molar refractivity (Wildman–Crippen MR) is 85.9 cm³/mol. The zero-order valence-electron chi connectivity index (χ0n) is 13.1. The van der Waals surface area contributed by atoms with E-state index in [2.05, 4.69) is 15.5 Å². The highest BCUT2D eigenvalue weighted by atomic mass is 19.1. The fraction of sp³-hybridized carbons (Fsp3) is 0.500. The number of nitrogens with zero attached hydrogens (tertiary/aromatic N) is 2. The van der Waals surface area contributed by atoms with E-state index in [0.29, 0.717) is 18.3 Å². The highest BCUT2D eigenvalue weighted by molar-refractivity contribution is 5.92. The van der Waals surface area contributed by atoms with Crippen LogP contribution in [0.5, 0.6) is 0 Å². The van der Waals surface area contributed by atoms with Gasteiger partial charge in [0.25, 0.3) is 0 Å². The molecule has 23 heavy (non-hydrogen) atoms. The third-order valence-corrected chi connectivity index (χ3v) is 4.40. The van der Waals surface area contributed by atoms with Crippen LogP contribution in [-0.4, -0.2) is 54.0 Å². The van der Waals surface area contributed by atoms with E-state index in [4.69, 9.17) is 0 Å². The summed E-state index contributed by atoms with van der Waals surface area (Å²) < 4.78 is 13.6. The highest BCUT2D eigenvalue weighted by Crippen LogP contribution is 2.23. The SMILES string of the molecule is CC(=O)Nc1cc(NC(=O)N2CCN3CCC[C@H]3C2)ccc1F. The number of halogens is 1. The molecule has 124 valence electrons. The molecule has 7 heteroatoms. The summed E-state index contributed by atoms with van der Waals surface area (Å²) in [6, 6.07) is 4.43. The summed E-state index contributed by atoms with van der Waals surface area (Å²) in [4.78, 5) is 27.7. The van der Waals surface area contributed by atoms with Crippen molar-refractivity contribution in [2.75, 3.05) is 36.8 Å². The van der Waals surface area contributed by atoms with Gasteiger partial charge in [0.1, 0.15) is 5.82 Å². The van der Waals surface area contributed by atoms with Gasteiger partial charge in [-0.25, -0.2) is 9.18 Å². The van der Waals surface area contributed by atoms with Gasteiger partial charge in [-0.05, 0) is 37.6 Å². The maximum Gasteiger partial charge on any atom is 0.321 e. The first-order valence-corrected chi connectivity index (χ1v) is 7.90. The Labute approximate surface area is 134 Å². The summed E-state index contributed by atoms with van der Waals surface area (Å²) in [5, 5.41) is 5.19. The molecule has 1 aromatic rings. The van der Waals surface area contributed by atoms with Crippen molar-refractivity contribution < 1.29 is 14.0 Å². The summed E-state index contributed by atoms with van der Waals surface area (Å²) in [5.74, 6) is -0.887. The van der Waals surface area contributed by atoms with Gasteiger partial charge < -0.3 is 15.5 Å². The van der Waals surface area contributed by atoms with Crippen LogP contribution in [0.4, 0.5) is 20.6 Å². The number of anilines is 2. The zero-order valence-corrected chi connectivity index (χ0v) is 13.1. The standard InChI is InChI=1S/C16H21FN4O2/c1-11(22)18-15-9-12(4-5-14(15)17)19-16(23)21-8-7-20-6-2-3-13(20)10-21/h4-5,9,13H,2-3,6-8,10H2,1H3,(H,18,22)(H,19,23)/t13-/m0/s1. The van der Waals surface area contributed by atoms with Gasteiger partial charge in [-0.1, -0.05) is 0 Å². The molecular formula is C16H21FN4O2. The van der Waals surface area contributed by atoms with Gasteiger partial charge >= 0.3 is 6.03 Å². The van der Waals surface area contributed by atoms with Crippen molar-refractivity contribution in [3.05, 3.63) is 24.0 Å². The molecule has 2 aliphatic heterocycles. The van der Waals surface area contributed by atoms with Crippen molar-refractivity contribution in [3.8, 4) is 0 Å². The average Bonchev–Trinajstić information content (AvgIpc) is 2.97. The molecule has 0 radical (unpaired) electrons. The number of benzene rings is 1. The van der Waals surface area contributed by atoms with Crippen LogP contribution in [0.15, 0.2) is 18.2 Å². The van der Waals surface area contributed by atoms with Crippen molar-refractivity contribution >= 4 is 23.3 Å². The Morgan fingerprint density at radius 2 is 2.04 bits per heavy atom. The van der Waals surface area contributed by atoms with Gasteiger partial charge in [-0.2, -0.15) is 0 Å². The minimum Gasteiger partial charge on any atom is -0.324 e.